The largest absolute Gasteiger partial charge is 0.507 e. The Bertz CT molecular complexity index is 1570. The van der Waals surface area contributed by atoms with Crippen LogP contribution in [0.1, 0.15) is 75.8 Å². The molecule has 6 N–H and O–H groups in total. The molecule has 12 nitrogen and oxygen atoms in total. The van der Waals surface area contributed by atoms with E-state index in [1.165, 1.54) is 19.1 Å². The molecule has 0 radical (unpaired) electrons. The summed E-state index contributed by atoms with van der Waals surface area (Å²) in [6, 6.07) is 2.16. The number of Topliss-reactive ketones (excluding diaryl/α,β-unsaturated/α-hetero) is 1. The summed E-state index contributed by atoms with van der Waals surface area (Å²) in [5.41, 5.74) is -4.80. The molecular weight excluding hydrogens is 583 g/mol. The van der Waals surface area contributed by atoms with E-state index in [9.17, 15) is 57.9 Å². The number of amides is 1. The van der Waals surface area contributed by atoms with Crippen molar-refractivity contribution in [2.45, 2.75) is 75.5 Å². The van der Waals surface area contributed by atoms with Gasteiger partial charge < -0.3 is 40.3 Å². The molecule has 5 rings (SSSR count). The third-order valence-electron chi connectivity index (χ3n) is 8.12. The van der Waals surface area contributed by atoms with Crippen molar-refractivity contribution in [2.24, 2.45) is 0 Å². The van der Waals surface area contributed by atoms with Gasteiger partial charge in [0.25, 0.3) is 0 Å². The van der Waals surface area contributed by atoms with Crippen LogP contribution in [0.4, 0.5) is 13.2 Å². The molecule has 1 aliphatic heterocycles. The Labute approximate surface area is 240 Å². The van der Waals surface area contributed by atoms with Crippen LogP contribution < -0.4 is 5.32 Å². The van der Waals surface area contributed by atoms with Crippen LogP contribution in [0.2, 0.25) is 0 Å². The lowest BCUT2D eigenvalue weighted by Crippen LogP contribution is -2.57. The predicted molar refractivity (Wildman–Crippen MR) is 135 cm³/mol. The molecule has 2 aromatic rings. The Morgan fingerprint density at radius 2 is 1.72 bits per heavy atom. The molecule has 2 aliphatic carbocycles. The number of carbonyl (C=O) groups is 4. The monoisotopic (exact) mass is 609 g/mol. The second-order valence-corrected chi connectivity index (χ2v) is 10.9. The number of phenols is 3. The molecule has 6 unspecified atom stereocenters. The van der Waals surface area contributed by atoms with Gasteiger partial charge in [0, 0.05) is 36.0 Å². The summed E-state index contributed by atoms with van der Waals surface area (Å²) in [5, 5.41) is 56.2. The average Bonchev–Trinajstić information content (AvgIpc) is 2.91. The summed E-state index contributed by atoms with van der Waals surface area (Å²) in [4.78, 5) is 50.9. The second kappa shape index (κ2) is 10.3. The van der Waals surface area contributed by atoms with Crippen molar-refractivity contribution < 1.29 is 67.4 Å². The van der Waals surface area contributed by atoms with Gasteiger partial charge in [-0.1, -0.05) is 12.1 Å². The van der Waals surface area contributed by atoms with Gasteiger partial charge in [0.05, 0.1) is 34.9 Å². The highest BCUT2D eigenvalue weighted by Gasteiger charge is 2.50. The molecule has 0 bridgehead atoms. The van der Waals surface area contributed by atoms with Crippen molar-refractivity contribution in [2.75, 3.05) is 0 Å². The van der Waals surface area contributed by atoms with Crippen LogP contribution in [0.15, 0.2) is 18.2 Å². The zero-order valence-corrected chi connectivity index (χ0v) is 22.6. The smallest absolute Gasteiger partial charge is 0.471 e. The number of ketones is 3. The Balaban J connectivity index is 1.59. The summed E-state index contributed by atoms with van der Waals surface area (Å²) in [7, 11) is 0. The highest BCUT2D eigenvalue weighted by atomic mass is 19.4. The van der Waals surface area contributed by atoms with Gasteiger partial charge in [-0.2, -0.15) is 13.2 Å². The molecule has 1 amide bonds. The molecular formula is C28H26F3NO11. The highest BCUT2D eigenvalue weighted by Crippen LogP contribution is 2.52. The van der Waals surface area contributed by atoms with Gasteiger partial charge >= 0.3 is 12.1 Å². The average molecular weight is 610 g/mol. The van der Waals surface area contributed by atoms with Crippen LogP contribution in [-0.4, -0.2) is 85.1 Å². The van der Waals surface area contributed by atoms with Gasteiger partial charge in [-0.3, -0.25) is 19.2 Å². The Hall–Kier alpha value is -4.05. The predicted octanol–water partition coefficient (Wildman–Crippen LogP) is 1.45. The maximum absolute atomic E-state index is 13.5. The number of nitrogens with one attached hydrogen (secondary N) is 1. The van der Waals surface area contributed by atoms with E-state index in [-0.39, 0.29) is 16.7 Å². The number of hydrogen-bond donors (Lipinski definition) is 6. The van der Waals surface area contributed by atoms with Crippen LogP contribution in [0.3, 0.4) is 0 Å². The normalized spacial score (nSPS) is 28.5. The van der Waals surface area contributed by atoms with Crippen LogP contribution in [0.25, 0.3) is 0 Å². The van der Waals surface area contributed by atoms with Gasteiger partial charge in [-0.25, -0.2) is 0 Å². The summed E-state index contributed by atoms with van der Waals surface area (Å²) < 4.78 is 50.1. The number of aliphatic hydroxyl groups excluding tert-OH is 1. The van der Waals surface area contributed by atoms with E-state index in [1.807, 2.05) is 0 Å². The number of benzene rings is 2. The van der Waals surface area contributed by atoms with Crippen molar-refractivity contribution in [3.05, 3.63) is 51.6 Å². The lowest BCUT2D eigenvalue weighted by molar-refractivity contribution is -0.250. The van der Waals surface area contributed by atoms with Gasteiger partial charge in [-0.15, -0.1) is 0 Å². The molecule has 6 atom stereocenters. The molecule has 43 heavy (non-hydrogen) atoms. The number of ether oxygens (including phenoxy) is 2. The summed E-state index contributed by atoms with van der Waals surface area (Å²) in [6.45, 7) is 2.34. The van der Waals surface area contributed by atoms with Crippen LogP contribution in [-0.2, 0) is 25.5 Å². The molecule has 230 valence electrons. The standard InChI is InChI=1S/C28H26F3NO11/c1-9-21(35)13(32-26(40)28(29,30)31)6-16(42-9)43-15-8-27(41,10(2)33)7-12-18(15)25(39)20-19(23(12)37)22(36)11-4-3-5-14(34)17(11)24(20)38/h3-5,9,13,15-16,21,34-35,37,39,41H,6-8H2,1-2H3,(H,32,40). The molecule has 15 heteroatoms. The SMILES string of the molecule is CC(=O)C1(O)Cc2c(O)c3c(c(O)c2C(OC2CC(NC(=O)C(F)(F)F)C(O)C(C)O2)C1)C(=O)c1c(O)cccc1C3=O. The van der Waals surface area contributed by atoms with Crippen molar-refractivity contribution in [3.8, 4) is 17.2 Å². The maximum Gasteiger partial charge on any atom is 0.471 e. The van der Waals surface area contributed by atoms with E-state index in [1.54, 1.807) is 5.32 Å². The van der Waals surface area contributed by atoms with Gasteiger partial charge in [0.2, 0.25) is 5.78 Å². The first-order chi connectivity index (χ1) is 20.0. The lowest BCUT2D eigenvalue weighted by atomic mass is 9.72. The first-order valence-corrected chi connectivity index (χ1v) is 13.1. The van der Waals surface area contributed by atoms with E-state index >= 15 is 0 Å². The zero-order valence-electron chi connectivity index (χ0n) is 22.6. The van der Waals surface area contributed by atoms with Gasteiger partial charge in [-0.05, 0) is 19.9 Å². The number of phenolic OH excluding ortho intramolecular Hbond substituents is 3. The number of hydrogen-bond acceptors (Lipinski definition) is 11. The molecule has 3 aliphatic rings. The molecule has 0 aromatic heterocycles. The minimum atomic E-state index is -5.25. The molecule has 1 fully saturated rings. The highest BCUT2D eigenvalue weighted by molar-refractivity contribution is 6.31. The van der Waals surface area contributed by atoms with Gasteiger partial charge in [0.15, 0.2) is 17.9 Å². The third kappa shape index (κ3) is 4.91. The van der Waals surface area contributed by atoms with Crippen molar-refractivity contribution >= 4 is 23.3 Å². The second-order valence-electron chi connectivity index (χ2n) is 10.9. The first-order valence-electron chi connectivity index (χ1n) is 13.1. The number of fused-ring (bicyclic) bond motifs is 3. The number of aromatic hydroxyl groups is 3. The van der Waals surface area contributed by atoms with E-state index in [0.717, 1.165) is 13.0 Å². The Morgan fingerprint density at radius 3 is 2.35 bits per heavy atom. The minimum Gasteiger partial charge on any atom is -0.507 e. The number of carbonyl (C=O) groups excluding carboxylic acids is 4. The van der Waals surface area contributed by atoms with Crippen molar-refractivity contribution in [1.82, 2.24) is 5.32 Å². The third-order valence-corrected chi connectivity index (χ3v) is 8.12. The van der Waals surface area contributed by atoms with Crippen LogP contribution in [0, 0.1) is 0 Å². The van der Waals surface area contributed by atoms with Crippen molar-refractivity contribution in [1.29, 1.82) is 0 Å². The fraction of sp³-hybridized carbons (Fsp3) is 0.429. The number of halogens is 3. The molecule has 2 aromatic carbocycles. The Kier molecular flexibility index (Phi) is 7.28. The molecule has 0 saturated carbocycles. The zero-order chi connectivity index (χ0) is 31.8. The van der Waals surface area contributed by atoms with E-state index in [0.29, 0.717) is 0 Å². The summed E-state index contributed by atoms with van der Waals surface area (Å²) in [5.74, 6) is -7.28. The summed E-state index contributed by atoms with van der Waals surface area (Å²) in [6.07, 6.45) is -12.8. The molecule has 1 saturated heterocycles. The first kappa shape index (κ1) is 30.4. The lowest BCUT2D eigenvalue weighted by Gasteiger charge is -2.42. The van der Waals surface area contributed by atoms with Crippen LogP contribution in [0.5, 0.6) is 17.2 Å². The Morgan fingerprint density at radius 1 is 1.07 bits per heavy atom. The number of aliphatic hydroxyl groups is 2. The van der Waals surface area contributed by atoms with E-state index in [4.69, 9.17) is 9.47 Å². The van der Waals surface area contributed by atoms with Crippen molar-refractivity contribution in [3.63, 3.8) is 0 Å². The minimum absolute atomic E-state index is 0.257. The quantitative estimate of drug-likeness (QED) is 0.234. The van der Waals surface area contributed by atoms with Gasteiger partial charge in [0.1, 0.15) is 29.0 Å². The fourth-order valence-electron chi connectivity index (χ4n) is 5.86. The number of alkyl halides is 3. The molecule has 0 spiro atoms. The molecule has 1 heterocycles. The number of rotatable bonds is 4. The van der Waals surface area contributed by atoms with E-state index < -0.39 is 119 Å². The fourth-order valence-corrected chi connectivity index (χ4v) is 5.86. The topological polar surface area (TPSA) is 200 Å². The van der Waals surface area contributed by atoms with E-state index in [2.05, 4.69) is 0 Å². The maximum atomic E-state index is 13.5. The summed E-state index contributed by atoms with van der Waals surface area (Å²) >= 11 is 0. The van der Waals surface area contributed by atoms with Crippen LogP contribution >= 0.6 is 0 Å².